The Hall–Kier alpha value is -1.66. The van der Waals surface area contributed by atoms with Crippen LogP contribution in [0, 0.1) is 0 Å². The fourth-order valence-corrected chi connectivity index (χ4v) is 3.00. The van der Waals surface area contributed by atoms with E-state index in [0.29, 0.717) is 21.7 Å². The molecule has 1 saturated heterocycles. The molecule has 130 valence electrons. The van der Waals surface area contributed by atoms with Crippen LogP contribution in [0.5, 0.6) is 0 Å². The number of fused-ring (bicyclic) bond motifs is 1. The Labute approximate surface area is 145 Å². The van der Waals surface area contributed by atoms with Crippen molar-refractivity contribution in [1.82, 2.24) is 24.4 Å². The molecule has 10 nitrogen and oxygen atoms in total. The van der Waals surface area contributed by atoms with Crippen molar-refractivity contribution in [1.29, 1.82) is 0 Å². The van der Waals surface area contributed by atoms with E-state index in [1.165, 1.54) is 10.9 Å². The van der Waals surface area contributed by atoms with Gasteiger partial charge < -0.3 is 25.0 Å². The van der Waals surface area contributed by atoms with Crippen LogP contribution in [0.4, 0.5) is 5.82 Å². The Bertz CT molecular complexity index is 766. The molecular weight excluding hydrogens is 384 g/mol. The van der Waals surface area contributed by atoms with Crippen molar-refractivity contribution in [3.63, 3.8) is 0 Å². The first-order valence-corrected chi connectivity index (χ1v) is 7.94. The third-order valence-corrected chi connectivity index (χ3v) is 4.16. The average Bonchev–Trinajstić information content (AvgIpc) is 3.02. The number of aliphatic imine (C=N–C) groups is 1. The number of nitrogens with zero attached hydrogens (tertiary/aromatic N) is 6. The van der Waals surface area contributed by atoms with Crippen LogP contribution in [0.1, 0.15) is 6.23 Å². The lowest BCUT2D eigenvalue weighted by atomic mass is 10.1. The highest BCUT2D eigenvalue weighted by molar-refractivity contribution is 9.10. The summed E-state index contributed by atoms with van der Waals surface area (Å²) >= 11 is 3.31. The Balaban J connectivity index is 2.07. The number of imidazole rings is 1. The van der Waals surface area contributed by atoms with Crippen molar-refractivity contribution in [2.45, 2.75) is 24.5 Å². The second-order valence-corrected chi connectivity index (χ2v) is 6.27. The maximum atomic E-state index is 10.2. The Morgan fingerprint density at radius 2 is 2.12 bits per heavy atom. The summed E-state index contributed by atoms with van der Waals surface area (Å²) in [7, 11) is 3.66. The first kappa shape index (κ1) is 17.2. The van der Waals surface area contributed by atoms with Gasteiger partial charge in [0.05, 0.1) is 12.9 Å². The zero-order valence-electron chi connectivity index (χ0n) is 13.0. The van der Waals surface area contributed by atoms with Gasteiger partial charge in [0.25, 0.3) is 0 Å². The molecule has 24 heavy (non-hydrogen) atoms. The highest BCUT2D eigenvalue weighted by Gasteiger charge is 2.44. The summed E-state index contributed by atoms with van der Waals surface area (Å²) in [5, 5.41) is 29.4. The van der Waals surface area contributed by atoms with Crippen LogP contribution in [-0.4, -0.2) is 85.1 Å². The van der Waals surface area contributed by atoms with Gasteiger partial charge in [-0.2, -0.15) is 0 Å². The molecular formula is C13H17BrN6O4. The number of hydrogen-bond acceptors (Lipinski definition) is 8. The Morgan fingerprint density at radius 1 is 1.38 bits per heavy atom. The normalized spacial score (nSPS) is 27.4. The number of rotatable bonds is 4. The number of aliphatic hydroxyl groups excluding tert-OH is 3. The van der Waals surface area contributed by atoms with Crippen molar-refractivity contribution < 1.29 is 20.1 Å². The minimum absolute atomic E-state index is 0.342. The average molecular weight is 401 g/mol. The standard InChI is InChI=1S/C13H17BrN6O4/c1-19(2)5-17-10-7-11(16-4-15-10)20(13(14)18-7)12-9(23)8(22)6(3-21)24-12/h4-6,8-9,12,21-23H,3H2,1-2H3/t6-,8-,9-,12-/m1/s1. The van der Waals surface area contributed by atoms with Crippen molar-refractivity contribution in [3.8, 4) is 0 Å². The van der Waals surface area contributed by atoms with E-state index in [2.05, 4.69) is 35.9 Å². The fraction of sp³-hybridized carbons (Fsp3) is 0.538. The van der Waals surface area contributed by atoms with Crippen LogP contribution in [0.25, 0.3) is 11.2 Å². The smallest absolute Gasteiger partial charge is 0.185 e. The molecule has 1 aliphatic heterocycles. The van der Waals surface area contributed by atoms with E-state index in [1.807, 2.05) is 14.1 Å². The van der Waals surface area contributed by atoms with Gasteiger partial charge in [-0.1, -0.05) is 0 Å². The molecule has 11 heteroatoms. The summed E-state index contributed by atoms with van der Waals surface area (Å²) in [6, 6.07) is 0. The molecule has 0 radical (unpaired) electrons. The number of aromatic nitrogens is 4. The number of hydrogen-bond donors (Lipinski definition) is 3. The minimum Gasteiger partial charge on any atom is -0.394 e. The van der Waals surface area contributed by atoms with E-state index in [4.69, 9.17) is 4.74 Å². The molecule has 2 aromatic heterocycles. The predicted octanol–water partition coefficient (Wildman–Crippen LogP) is -0.578. The van der Waals surface area contributed by atoms with E-state index in [1.54, 1.807) is 11.2 Å². The van der Waals surface area contributed by atoms with Crippen molar-refractivity contribution in [3.05, 3.63) is 11.1 Å². The number of aliphatic hydroxyl groups is 3. The predicted molar refractivity (Wildman–Crippen MR) is 87.9 cm³/mol. The van der Waals surface area contributed by atoms with Gasteiger partial charge in [0, 0.05) is 14.1 Å². The third kappa shape index (κ3) is 2.89. The van der Waals surface area contributed by atoms with E-state index >= 15 is 0 Å². The van der Waals surface area contributed by atoms with Crippen molar-refractivity contribution >= 4 is 39.3 Å². The Morgan fingerprint density at radius 3 is 2.75 bits per heavy atom. The summed E-state index contributed by atoms with van der Waals surface area (Å²) in [5.74, 6) is 0.361. The van der Waals surface area contributed by atoms with Gasteiger partial charge in [-0.25, -0.2) is 19.9 Å². The van der Waals surface area contributed by atoms with E-state index < -0.39 is 31.1 Å². The first-order chi connectivity index (χ1) is 11.4. The summed E-state index contributed by atoms with van der Waals surface area (Å²) in [6.45, 7) is -0.410. The molecule has 0 saturated carbocycles. The summed E-state index contributed by atoms with van der Waals surface area (Å²) in [6.07, 6.45) is -1.37. The first-order valence-electron chi connectivity index (χ1n) is 7.15. The lowest BCUT2D eigenvalue weighted by Crippen LogP contribution is -2.33. The molecule has 4 atom stereocenters. The molecule has 1 fully saturated rings. The van der Waals surface area contributed by atoms with Gasteiger partial charge in [0.1, 0.15) is 24.6 Å². The van der Waals surface area contributed by atoms with Crippen LogP contribution >= 0.6 is 15.9 Å². The SMILES string of the molecule is CN(C)C=Nc1ncnc2c1nc(Br)n2[C@@H]1O[C@H](CO)[C@@H](O)[C@H]1O. The van der Waals surface area contributed by atoms with Crippen LogP contribution in [-0.2, 0) is 4.74 Å². The number of halogens is 1. The quantitative estimate of drug-likeness (QED) is 0.353. The van der Waals surface area contributed by atoms with Crippen LogP contribution in [0.2, 0.25) is 0 Å². The molecule has 1 aliphatic rings. The van der Waals surface area contributed by atoms with Crippen molar-refractivity contribution in [2.75, 3.05) is 20.7 Å². The lowest BCUT2D eigenvalue weighted by molar-refractivity contribution is -0.0521. The summed E-state index contributed by atoms with van der Waals surface area (Å²) in [4.78, 5) is 18.6. The van der Waals surface area contributed by atoms with Crippen LogP contribution < -0.4 is 0 Å². The highest BCUT2D eigenvalue weighted by atomic mass is 79.9. The van der Waals surface area contributed by atoms with E-state index in [9.17, 15) is 15.3 Å². The summed E-state index contributed by atoms with van der Waals surface area (Å²) in [5.41, 5.74) is 0.804. The van der Waals surface area contributed by atoms with Gasteiger partial charge in [-0.15, -0.1) is 0 Å². The van der Waals surface area contributed by atoms with Crippen LogP contribution in [0.15, 0.2) is 16.1 Å². The maximum Gasteiger partial charge on any atom is 0.185 e. The van der Waals surface area contributed by atoms with Crippen molar-refractivity contribution in [2.24, 2.45) is 4.99 Å². The molecule has 3 heterocycles. The zero-order chi connectivity index (χ0) is 17.4. The second-order valence-electron chi connectivity index (χ2n) is 5.56. The molecule has 0 spiro atoms. The molecule has 3 N–H and O–H groups in total. The number of ether oxygens (including phenoxy) is 1. The highest BCUT2D eigenvalue weighted by Crippen LogP contribution is 2.35. The van der Waals surface area contributed by atoms with Gasteiger partial charge in [-0.3, -0.25) is 4.57 Å². The van der Waals surface area contributed by atoms with E-state index in [-0.39, 0.29) is 0 Å². The topological polar surface area (TPSA) is 129 Å². The van der Waals surface area contributed by atoms with Gasteiger partial charge in [0.2, 0.25) is 0 Å². The molecule has 0 aliphatic carbocycles. The summed E-state index contributed by atoms with van der Waals surface area (Å²) < 4.78 is 7.38. The largest absolute Gasteiger partial charge is 0.394 e. The van der Waals surface area contributed by atoms with Gasteiger partial charge in [-0.05, 0) is 15.9 Å². The zero-order valence-corrected chi connectivity index (χ0v) is 14.6. The fourth-order valence-electron chi connectivity index (χ4n) is 2.45. The monoisotopic (exact) mass is 400 g/mol. The maximum absolute atomic E-state index is 10.2. The third-order valence-electron chi connectivity index (χ3n) is 3.60. The van der Waals surface area contributed by atoms with Crippen LogP contribution in [0.3, 0.4) is 0 Å². The lowest BCUT2D eigenvalue weighted by Gasteiger charge is -2.17. The molecule has 2 aromatic rings. The molecule has 0 amide bonds. The minimum atomic E-state index is -1.24. The van der Waals surface area contributed by atoms with E-state index in [0.717, 1.165) is 0 Å². The molecule has 0 aromatic carbocycles. The molecule has 0 unspecified atom stereocenters. The second kappa shape index (κ2) is 6.69. The van der Waals surface area contributed by atoms with Gasteiger partial charge in [0.15, 0.2) is 27.9 Å². The Kier molecular flexibility index (Phi) is 4.78. The van der Waals surface area contributed by atoms with Gasteiger partial charge >= 0.3 is 0 Å². The molecule has 0 bridgehead atoms. The molecule has 3 rings (SSSR count).